The van der Waals surface area contributed by atoms with E-state index in [0.717, 1.165) is 52.8 Å². The van der Waals surface area contributed by atoms with Crippen molar-refractivity contribution < 1.29 is 9.59 Å². The van der Waals surface area contributed by atoms with Gasteiger partial charge in [-0.15, -0.1) is 11.3 Å². The molecule has 1 fully saturated rings. The van der Waals surface area contributed by atoms with E-state index >= 15 is 0 Å². The molecular weight excluding hydrogens is 384 g/mol. The SMILES string of the molecule is CC(=O)N1CCCCC[C@@H]1Cc1c(C(=O)Nc2cnn(C)c2)sc2ccccc12. The van der Waals surface area contributed by atoms with Crippen molar-refractivity contribution >= 4 is 38.9 Å². The number of hydrogen-bond donors (Lipinski definition) is 1. The Kier molecular flexibility index (Phi) is 5.67. The Morgan fingerprint density at radius 2 is 2.07 bits per heavy atom. The summed E-state index contributed by atoms with van der Waals surface area (Å²) in [6, 6.07) is 8.28. The molecule has 2 amide bonds. The van der Waals surface area contributed by atoms with Gasteiger partial charge in [0.15, 0.2) is 0 Å². The van der Waals surface area contributed by atoms with Gasteiger partial charge in [-0.05, 0) is 36.3 Å². The number of carbonyl (C=O) groups is 2. The third-order valence-electron chi connectivity index (χ3n) is 5.59. The summed E-state index contributed by atoms with van der Waals surface area (Å²) in [6.07, 6.45) is 8.44. The van der Waals surface area contributed by atoms with Crippen LogP contribution in [0.1, 0.15) is 47.8 Å². The number of amides is 2. The zero-order chi connectivity index (χ0) is 20.4. The summed E-state index contributed by atoms with van der Waals surface area (Å²) in [6.45, 7) is 2.46. The maximum atomic E-state index is 13.1. The van der Waals surface area contributed by atoms with Crippen molar-refractivity contribution in [2.75, 3.05) is 11.9 Å². The molecule has 0 bridgehead atoms. The van der Waals surface area contributed by atoms with Crippen LogP contribution in [-0.2, 0) is 18.3 Å². The predicted molar refractivity (Wildman–Crippen MR) is 116 cm³/mol. The van der Waals surface area contributed by atoms with E-state index in [1.165, 1.54) is 11.3 Å². The van der Waals surface area contributed by atoms with E-state index in [2.05, 4.69) is 22.5 Å². The highest BCUT2D eigenvalue weighted by molar-refractivity contribution is 7.21. The second kappa shape index (κ2) is 8.37. The summed E-state index contributed by atoms with van der Waals surface area (Å²) in [7, 11) is 1.82. The number of likely N-dealkylation sites (tertiary alicyclic amines) is 1. The Balaban J connectivity index is 1.69. The molecule has 4 rings (SSSR count). The minimum atomic E-state index is -0.114. The lowest BCUT2D eigenvalue weighted by Crippen LogP contribution is -2.40. The number of anilines is 1. The van der Waals surface area contributed by atoms with Gasteiger partial charge in [0, 0.05) is 37.5 Å². The molecule has 1 N–H and O–H groups in total. The molecule has 152 valence electrons. The smallest absolute Gasteiger partial charge is 0.266 e. The monoisotopic (exact) mass is 410 g/mol. The van der Waals surface area contributed by atoms with Crippen LogP contribution in [0.5, 0.6) is 0 Å². The lowest BCUT2D eigenvalue weighted by molar-refractivity contribution is -0.131. The number of benzene rings is 1. The minimum Gasteiger partial charge on any atom is -0.340 e. The topological polar surface area (TPSA) is 67.2 Å². The molecule has 1 aliphatic heterocycles. The van der Waals surface area contributed by atoms with E-state index in [0.29, 0.717) is 12.1 Å². The normalized spacial score (nSPS) is 17.3. The van der Waals surface area contributed by atoms with Gasteiger partial charge in [0.1, 0.15) is 0 Å². The van der Waals surface area contributed by atoms with Crippen LogP contribution in [0.25, 0.3) is 10.1 Å². The van der Waals surface area contributed by atoms with Crippen molar-refractivity contribution in [3.63, 3.8) is 0 Å². The first kappa shape index (κ1) is 19.6. The maximum Gasteiger partial charge on any atom is 0.266 e. The van der Waals surface area contributed by atoms with E-state index in [9.17, 15) is 9.59 Å². The van der Waals surface area contributed by atoms with Gasteiger partial charge in [0.2, 0.25) is 5.91 Å². The van der Waals surface area contributed by atoms with Crippen molar-refractivity contribution in [2.45, 2.75) is 45.1 Å². The van der Waals surface area contributed by atoms with Gasteiger partial charge in [-0.25, -0.2) is 0 Å². The molecule has 29 heavy (non-hydrogen) atoms. The quantitative estimate of drug-likeness (QED) is 0.700. The number of aromatic nitrogens is 2. The summed E-state index contributed by atoms with van der Waals surface area (Å²) < 4.78 is 2.76. The van der Waals surface area contributed by atoms with E-state index in [4.69, 9.17) is 0 Å². The Bertz CT molecular complexity index is 1040. The van der Waals surface area contributed by atoms with Gasteiger partial charge in [-0.1, -0.05) is 31.0 Å². The maximum absolute atomic E-state index is 13.1. The summed E-state index contributed by atoms with van der Waals surface area (Å²) in [4.78, 5) is 28.1. The van der Waals surface area contributed by atoms with Gasteiger partial charge in [-0.2, -0.15) is 5.10 Å². The van der Waals surface area contributed by atoms with Crippen molar-refractivity contribution in [3.05, 3.63) is 47.1 Å². The molecule has 6 nitrogen and oxygen atoms in total. The summed E-state index contributed by atoms with van der Waals surface area (Å²) in [5.74, 6) is 0.00925. The lowest BCUT2D eigenvalue weighted by Gasteiger charge is -2.29. The number of nitrogens with zero attached hydrogens (tertiary/aromatic N) is 3. The molecule has 1 saturated heterocycles. The van der Waals surface area contributed by atoms with Gasteiger partial charge in [0.25, 0.3) is 5.91 Å². The highest BCUT2D eigenvalue weighted by Crippen LogP contribution is 2.34. The minimum absolute atomic E-state index is 0.114. The van der Waals surface area contributed by atoms with Crippen LogP contribution in [0.2, 0.25) is 0 Å². The van der Waals surface area contributed by atoms with Crippen LogP contribution in [0.15, 0.2) is 36.7 Å². The van der Waals surface area contributed by atoms with Gasteiger partial charge in [-0.3, -0.25) is 14.3 Å². The fourth-order valence-corrected chi connectivity index (χ4v) is 5.33. The molecule has 7 heteroatoms. The molecule has 1 atom stereocenters. The zero-order valence-electron chi connectivity index (χ0n) is 16.9. The van der Waals surface area contributed by atoms with E-state index < -0.39 is 0 Å². The summed E-state index contributed by atoms with van der Waals surface area (Å²) >= 11 is 1.52. The fourth-order valence-electron chi connectivity index (χ4n) is 4.20. The first-order valence-corrected chi connectivity index (χ1v) is 10.9. The Morgan fingerprint density at radius 1 is 1.24 bits per heavy atom. The summed E-state index contributed by atoms with van der Waals surface area (Å²) in [5.41, 5.74) is 1.73. The van der Waals surface area contributed by atoms with Crippen molar-refractivity contribution in [1.29, 1.82) is 0 Å². The Labute approximate surface area is 174 Å². The molecular formula is C22H26N4O2S. The van der Waals surface area contributed by atoms with E-state index in [-0.39, 0.29) is 17.9 Å². The van der Waals surface area contributed by atoms with Gasteiger partial charge < -0.3 is 10.2 Å². The summed E-state index contributed by atoms with van der Waals surface area (Å²) in [5, 5.41) is 8.21. The fraction of sp³-hybridized carbons (Fsp3) is 0.409. The molecule has 0 saturated carbocycles. The third-order valence-corrected chi connectivity index (χ3v) is 6.80. The molecule has 1 aromatic carbocycles. The highest BCUT2D eigenvalue weighted by Gasteiger charge is 2.27. The van der Waals surface area contributed by atoms with Crippen LogP contribution < -0.4 is 5.32 Å². The molecule has 1 aliphatic rings. The first-order valence-electron chi connectivity index (χ1n) is 10.1. The lowest BCUT2D eigenvalue weighted by atomic mass is 9.98. The number of carbonyl (C=O) groups excluding carboxylic acids is 2. The van der Waals surface area contributed by atoms with Crippen LogP contribution in [0.3, 0.4) is 0 Å². The second-order valence-electron chi connectivity index (χ2n) is 7.68. The van der Waals surface area contributed by atoms with Gasteiger partial charge in [0.05, 0.1) is 16.8 Å². The van der Waals surface area contributed by atoms with Crippen LogP contribution in [0.4, 0.5) is 5.69 Å². The molecule has 0 unspecified atom stereocenters. The molecule has 2 aromatic heterocycles. The number of fused-ring (bicyclic) bond motifs is 1. The molecule has 0 radical (unpaired) electrons. The standard InChI is InChI=1S/C22H26N4O2S/c1-15(27)26-11-7-3-4-8-17(26)12-19-18-9-5-6-10-20(18)29-21(19)22(28)24-16-13-23-25(2)14-16/h5-6,9-10,13-14,17H,3-4,7-8,11-12H2,1-2H3,(H,24,28)/t17-/m1/s1. The second-order valence-corrected chi connectivity index (χ2v) is 8.73. The molecule has 3 aromatic rings. The van der Waals surface area contributed by atoms with Crippen LogP contribution in [-0.4, -0.2) is 39.1 Å². The van der Waals surface area contributed by atoms with Crippen LogP contribution >= 0.6 is 11.3 Å². The van der Waals surface area contributed by atoms with Gasteiger partial charge >= 0.3 is 0 Å². The molecule has 3 heterocycles. The van der Waals surface area contributed by atoms with Crippen molar-refractivity contribution in [3.8, 4) is 0 Å². The average Bonchev–Trinajstić information content (AvgIpc) is 3.17. The zero-order valence-corrected chi connectivity index (χ0v) is 17.7. The third kappa shape index (κ3) is 4.19. The number of rotatable bonds is 4. The Hall–Kier alpha value is -2.67. The predicted octanol–water partition coefficient (Wildman–Crippen LogP) is 4.22. The van der Waals surface area contributed by atoms with Crippen LogP contribution in [0, 0.1) is 0 Å². The largest absolute Gasteiger partial charge is 0.340 e. The average molecular weight is 411 g/mol. The highest BCUT2D eigenvalue weighted by atomic mass is 32.1. The number of thiophene rings is 1. The number of hydrogen-bond acceptors (Lipinski definition) is 4. The number of aryl methyl sites for hydroxylation is 1. The van der Waals surface area contributed by atoms with Crippen molar-refractivity contribution in [1.82, 2.24) is 14.7 Å². The Morgan fingerprint density at radius 3 is 2.83 bits per heavy atom. The molecule has 0 aliphatic carbocycles. The molecule has 0 spiro atoms. The first-order chi connectivity index (χ1) is 14.0. The van der Waals surface area contributed by atoms with E-state index in [1.807, 2.05) is 24.1 Å². The number of nitrogens with one attached hydrogen (secondary N) is 1. The van der Waals surface area contributed by atoms with E-state index in [1.54, 1.807) is 24.0 Å². The van der Waals surface area contributed by atoms with Crippen molar-refractivity contribution in [2.24, 2.45) is 7.05 Å².